The highest BCUT2D eigenvalue weighted by atomic mass is 32.2. The van der Waals surface area contributed by atoms with Crippen molar-refractivity contribution < 1.29 is 26.2 Å². The average Bonchev–Trinajstić information content (AvgIpc) is 3.33. The summed E-state index contributed by atoms with van der Waals surface area (Å²) in [6.45, 7) is 4.09. The van der Waals surface area contributed by atoms with Crippen LogP contribution in [0.15, 0.2) is 57.0 Å². The van der Waals surface area contributed by atoms with Crippen LogP contribution < -0.4 is 0 Å². The predicted octanol–water partition coefficient (Wildman–Crippen LogP) is 2.10. The second-order valence-corrected chi connectivity index (χ2v) is 10.4. The molecule has 0 saturated heterocycles. The Morgan fingerprint density at radius 3 is 2.32 bits per heavy atom. The van der Waals surface area contributed by atoms with Gasteiger partial charge in [0.05, 0.1) is 17.0 Å². The van der Waals surface area contributed by atoms with Crippen molar-refractivity contribution in [3.63, 3.8) is 0 Å². The number of benzene rings is 1. The minimum absolute atomic E-state index is 0.00633. The number of hydrogen-bond acceptors (Lipinski definition) is 7. The molecule has 1 amide bonds. The number of sulfonamides is 1. The molecule has 3 rings (SSSR count). The SMILES string of the molecule is C#CCN(C(=O)c1ccn(S(=O)(=O)c2ccc(C)cc2)c1)S(=O)(=O)c1c(C)noc1C. The predicted molar refractivity (Wildman–Crippen MR) is 111 cm³/mol. The fraction of sp³-hybridized carbons (Fsp3) is 0.200. The van der Waals surface area contributed by atoms with Gasteiger partial charge >= 0.3 is 0 Å². The molecule has 3 aromatic rings. The molecule has 0 unspecified atom stereocenters. The molecule has 31 heavy (non-hydrogen) atoms. The van der Waals surface area contributed by atoms with Gasteiger partial charge < -0.3 is 4.52 Å². The first-order chi connectivity index (χ1) is 14.5. The van der Waals surface area contributed by atoms with E-state index in [1.807, 2.05) is 6.92 Å². The number of nitrogens with zero attached hydrogens (tertiary/aromatic N) is 3. The van der Waals surface area contributed by atoms with Gasteiger partial charge in [0.1, 0.15) is 5.69 Å². The van der Waals surface area contributed by atoms with Crippen LogP contribution in [0.1, 0.15) is 27.4 Å². The minimum atomic E-state index is -4.39. The van der Waals surface area contributed by atoms with Gasteiger partial charge in [-0.15, -0.1) is 6.42 Å². The summed E-state index contributed by atoms with van der Waals surface area (Å²) in [6, 6.07) is 7.39. The van der Waals surface area contributed by atoms with Crippen molar-refractivity contribution in [3.05, 3.63) is 65.3 Å². The van der Waals surface area contributed by atoms with Gasteiger partial charge in [-0.1, -0.05) is 28.8 Å². The lowest BCUT2D eigenvalue weighted by molar-refractivity contribution is 0.0873. The van der Waals surface area contributed by atoms with E-state index in [0.29, 0.717) is 4.31 Å². The molecule has 0 fully saturated rings. The van der Waals surface area contributed by atoms with Crippen LogP contribution >= 0.6 is 0 Å². The smallest absolute Gasteiger partial charge is 0.273 e. The Hall–Kier alpha value is -3.36. The normalized spacial score (nSPS) is 11.8. The summed E-state index contributed by atoms with van der Waals surface area (Å²) in [7, 11) is -8.35. The number of aromatic nitrogens is 2. The molecular formula is C20H19N3O6S2. The second-order valence-electron chi connectivity index (χ2n) is 6.72. The lowest BCUT2D eigenvalue weighted by Gasteiger charge is -2.19. The van der Waals surface area contributed by atoms with E-state index in [4.69, 9.17) is 10.9 Å². The summed E-state index contributed by atoms with van der Waals surface area (Å²) in [5.74, 6) is 1.17. The Morgan fingerprint density at radius 1 is 1.13 bits per heavy atom. The fourth-order valence-electron chi connectivity index (χ4n) is 2.93. The highest BCUT2D eigenvalue weighted by molar-refractivity contribution is 7.90. The van der Waals surface area contributed by atoms with Crippen molar-refractivity contribution in [1.82, 2.24) is 13.4 Å². The first-order valence-corrected chi connectivity index (χ1v) is 11.8. The average molecular weight is 462 g/mol. The molecule has 0 N–H and O–H groups in total. The van der Waals surface area contributed by atoms with Crippen LogP contribution in [0.4, 0.5) is 0 Å². The number of carbonyl (C=O) groups excluding carboxylic acids is 1. The third kappa shape index (κ3) is 3.99. The maximum Gasteiger partial charge on any atom is 0.273 e. The van der Waals surface area contributed by atoms with Gasteiger partial charge in [-0.05, 0) is 39.0 Å². The van der Waals surface area contributed by atoms with E-state index >= 15 is 0 Å². The zero-order valence-electron chi connectivity index (χ0n) is 16.9. The van der Waals surface area contributed by atoms with Gasteiger partial charge in [-0.2, -0.15) is 0 Å². The highest BCUT2D eigenvalue weighted by Gasteiger charge is 2.35. The Kier molecular flexibility index (Phi) is 5.80. The van der Waals surface area contributed by atoms with Crippen molar-refractivity contribution in [2.75, 3.05) is 6.54 Å². The topological polar surface area (TPSA) is 120 Å². The third-order valence-corrected chi connectivity index (χ3v) is 8.11. The van der Waals surface area contributed by atoms with Crippen LogP contribution in [-0.2, 0) is 20.0 Å². The largest absolute Gasteiger partial charge is 0.360 e. The second kappa shape index (κ2) is 8.05. The van der Waals surface area contributed by atoms with Crippen molar-refractivity contribution >= 4 is 26.0 Å². The van der Waals surface area contributed by atoms with E-state index in [9.17, 15) is 21.6 Å². The zero-order valence-corrected chi connectivity index (χ0v) is 18.6. The first-order valence-electron chi connectivity index (χ1n) is 8.94. The molecule has 0 aliphatic heterocycles. The Bertz CT molecular complexity index is 1370. The van der Waals surface area contributed by atoms with Gasteiger partial charge in [0.25, 0.3) is 26.0 Å². The summed E-state index contributed by atoms with van der Waals surface area (Å²) in [4.78, 5) is 12.8. The van der Waals surface area contributed by atoms with E-state index in [1.165, 1.54) is 38.2 Å². The van der Waals surface area contributed by atoms with Crippen molar-refractivity contribution in [2.45, 2.75) is 30.6 Å². The third-order valence-electron chi connectivity index (χ3n) is 4.49. The Labute approximate surface area is 180 Å². The molecule has 11 heteroatoms. The number of aryl methyl sites for hydroxylation is 3. The molecule has 0 aliphatic carbocycles. The van der Waals surface area contributed by atoms with Gasteiger partial charge in [0.2, 0.25) is 0 Å². The van der Waals surface area contributed by atoms with E-state index < -0.39 is 32.5 Å². The van der Waals surface area contributed by atoms with Crippen LogP contribution in [-0.4, -0.2) is 42.7 Å². The molecule has 2 heterocycles. The van der Waals surface area contributed by atoms with Gasteiger partial charge in [-0.3, -0.25) is 4.79 Å². The van der Waals surface area contributed by atoms with E-state index in [0.717, 1.165) is 15.7 Å². The van der Waals surface area contributed by atoms with Crippen LogP contribution in [0.25, 0.3) is 0 Å². The van der Waals surface area contributed by atoms with Crippen LogP contribution in [0, 0.1) is 33.1 Å². The highest BCUT2D eigenvalue weighted by Crippen LogP contribution is 2.25. The summed E-state index contributed by atoms with van der Waals surface area (Å²) in [5.41, 5.74) is 0.796. The van der Waals surface area contributed by atoms with Gasteiger partial charge in [0.15, 0.2) is 10.7 Å². The van der Waals surface area contributed by atoms with E-state index in [2.05, 4.69) is 11.1 Å². The number of carbonyl (C=O) groups is 1. The quantitative estimate of drug-likeness (QED) is 0.516. The maximum absolute atomic E-state index is 13.1. The fourth-order valence-corrected chi connectivity index (χ4v) is 5.73. The molecule has 0 radical (unpaired) electrons. The number of amides is 1. The summed E-state index contributed by atoms with van der Waals surface area (Å²) in [6.07, 6.45) is 7.50. The minimum Gasteiger partial charge on any atom is -0.360 e. The van der Waals surface area contributed by atoms with Gasteiger partial charge in [0, 0.05) is 12.4 Å². The standard InChI is InChI=1S/C20H19N3O6S2/c1-5-11-23(31(27,28)19-15(3)21-29-16(19)4)20(24)17-10-12-22(13-17)30(25,26)18-8-6-14(2)7-9-18/h1,6-10,12-13H,11H2,2-4H3. The lowest BCUT2D eigenvalue weighted by atomic mass is 10.2. The number of rotatable bonds is 6. The molecule has 0 aliphatic rings. The van der Waals surface area contributed by atoms with Crippen LogP contribution in [0.5, 0.6) is 0 Å². The molecule has 0 saturated carbocycles. The molecule has 9 nitrogen and oxygen atoms in total. The van der Waals surface area contributed by atoms with Crippen LogP contribution in [0.2, 0.25) is 0 Å². The summed E-state index contributed by atoms with van der Waals surface area (Å²) < 4.78 is 58.0. The molecular weight excluding hydrogens is 442 g/mol. The van der Waals surface area contributed by atoms with Crippen molar-refractivity contribution in [2.24, 2.45) is 0 Å². The summed E-state index contributed by atoms with van der Waals surface area (Å²) >= 11 is 0. The molecule has 2 aromatic heterocycles. The van der Waals surface area contributed by atoms with Crippen molar-refractivity contribution in [3.8, 4) is 12.3 Å². The lowest BCUT2D eigenvalue weighted by Crippen LogP contribution is -2.37. The monoisotopic (exact) mass is 461 g/mol. The number of hydrogen-bond donors (Lipinski definition) is 0. The molecule has 0 atom stereocenters. The van der Waals surface area contributed by atoms with Crippen molar-refractivity contribution in [1.29, 1.82) is 0 Å². The summed E-state index contributed by atoms with van der Waals surface area (Å²) in [5, 5.41) is 3.61. The molecule has 162 valence electrons. The molecule has 1 aromatic carbocycles. The Balaban J connectivity index is 2.01. The van der Waals surface area contributed by atoms with E-state index in [-0.39, 0.29) is 26.8 Å². The molecule has 0 bridgehead atoms. The maximum atomic E-state index is 13.1. The first kappa shape index (κ1) is 22.3. The Morgan fingerprint density at radius 2 is 1.77 bits per heavy atom. The molecule has 0 spiro atoms. The van der Waals surface area contributed by atoms with Gasteiger partial charge in [-0.25, -0.2) is 25.1 Å². The van der Waals surface area contributed by atoms with E-state index in [1.54, 1.807) is 12.1 Å². The zero-order chi connectivity index (χ0) is 23.0. The van der Waals surface area contributed by atoms with Crippen LogP contribution in [0.3, 0.4) is 0 Å². The number of terminal acetylenes is 1.